The van der Waals surface area contributed by atoms with Gasteiger partial charge in [0, 0.05) is 23.7 Å². The molecule has 0 aromatic carbocycles. The van der Waals surface area contributed by atoms with Gasteiger partial charge in [-0.3, -0.25) is 4.98 Å². The second-order valence-corrected chi connectivity index (χ2v) is 5.13. The molecule has 0 amide bonds. The normalized spacial score (nSPS) is 21.0. The van der Waals surface area contributed by atoms with Gasteiger partial charge in [-0.25, -0.2) is 0 Å². The van der Waals surface area contributed by atoms with Crippen LogP contribution < -0.4 is 0 Å². The first-order valence-electron chi connectivity index (χ1n) is 4.85. The molecule has 0 spiro atoms. The third-order valence-electron chi connectivity index (χ3n) is 2.29. The Morgan fingerprint density at radius 1 is 1.53 bits per heavy atom. The van der Waals surface area contributed by atoms with E-state index < -0.39 is 12.7 Å². The fraction of sp³-hybridized carbons (Fsp3) is 0.400. The summed E-state index contributed by atoms with van der Waals surface area (Å²) in [6.45, 7) is -1.00. The van der Waals surface area contributed by atoms with E-state index in [1.165, 1.54) is 16.7 Å². The monoisotopic (exact) mass is 278 g/mol. The lowest BCUT2D eigenvalue weighted by molar-refractivity contribution is -0.138. The van der Waals surface area contributed by atoms with Crippen molar-refractivity contribution in [3.05, 3.63) is 30.1 Å². The van der Waals surface area contributed by atoms with E-state index in [9.17, 15) is 13.2 Å². The molecule has 0 bridgehead atoms. The van der Waals surface area contributed by atoms with Crippen LogP contribution >= 0.6 is 24.0 Å². The van der Waals surface area contributed by atoms with Crippen LogP contribution in [-0.2, 0) is 0 Å². The van der Waals surface area contributed by atoms with Gasteiger partial charge in [-0.1, -0.05) is 18.3 Å². The summed E-state index contributed by atoms with van der Waals surface area (Å²) >= 11 is 6.37. The Morgan fingerprint density at radius 3 is 2.88 bits per heavy atom. The Morgan fingerprint density at radius 2 is 2.29 bits per heavy atom. The number of nitrogens with zero attached hydrogens (tertiary/aromatic N) is 2. The lowest BCUT2D eigenvalue weighted by Crippen LogP contribution is -2.36. The number of aromatic nitrogens is 1. The molecule has 7 heteroatoms. The quantitative estimate of drug-likeness (QED) is 0.773. The van der Waals surface area contributed by atoms with Gasteiger partial charge >= 0.3 is 6.18 Å². The van der Waals surface area contributed by atoms with Crippen LogP contribution in [-0.4, -0.2) is 33.3 Å². The van der Waals surface area contributed by atoms with Gasteiger partial charge in [-0.2, -0.15) is 13.2 Å². The fourth-order valence-corrected chi connectivity index (χ4v) is 3.24. The van der Waals surface area contributed by atoms with Crippen LogP contribution in [0.1, 0.15) is 10.9 Å². The van der Waals surface area contributed by atoms with Gasteiger partial charge in [0.2, 0.25) is 0 Å². The van der Waals surface area contributed by atoms with E-state index in [1.807, 2.05) is 0 Å². The fourth-order valence-electron chi connectivity index (χ4n) is 1.62. The summed E-state index contributed by atoms with van der Waals surface area (Å²) in [4.78, 5) is 5.49. The lowest BCUT2D eigenvalue weighted by atomic mass is 10.2. The van der Waals surface area contributed by atoms with Crippen molar-refractivity contribution in [2.24, 2.45) is 0 Å². The van der Waals surface area contributed by atoms with Crippen molar-refractivity contribution >= 4 is 29.0 Å². The molecule has 2 heterocycles. The number of hydrogen-bond donors (Lipinski definition) is 0. The van der Waals surface area contributed by atoms with Crippen LogP contribution in [0.15, 0.2) is 24.5 Å². The van der Waals surface area contributed by atoms with Crippen LogP contribution in [0.4, 0.5) is 13.2 Å². The Kier molecular flexibility index (Phi) is 3.58. The second kappa shape index (κ2) is 4.81. The predicted octanol–water partition coefficient (Wildman–Crippen LogP) is 3.02. The van der Waals surface area contributed by atoms with E-state index in [2.05, 4.69) is 4.98 Å². The molecule has 1 unspecified atom stereocenters. The van der Waals surface area contributed by atoms with Gasteiger partial charge in [0.25, 0.3) is 0 Å². The first-order valence-corrected chi connectivity index (χ1v) is 6.31. The summed E-state index contributed by atoms with van der Waals surface area (Å²) in [6, 6.07) is 3.48. The Bertz CT molecular complexity index is 408. The highest BCUT2D eigenvalue weighted by Crippen LogP contribution is 2.40. The van der Waals surface area contributed by atoms with Crippen LogP contribution in [0, 0.1) is 0 Å². The zero-order chi connectivity index (χ0) is 12.5. The summed E-state index contributed by atoms with van der Waals surface area (Å²) in [5, 5.41) is -0.377. The summed E-state index contributed by atoms with van der Waals surface area (Å²) in [5.41, 5.74) is 0.751. The average molecular weight is 278 g/mol. The van der Waals surface area contributed by atoms with Crippen molar-refractivity contribution in [1.82, 2.24) is 9.88 Å². The molecule has 0 aliphatic carbocycles. The SMILES string of the molecule is FC(F)(F)CN1C(=S)CSC1c1cccnc1. The third kappa shape index (κ3) is 3.10. The number of thioether (sulfide) groups is 1. The topological polar surface area (TPSA) is 16.1 Å². The standard InChI is InChI=1S/C10H9F3N2S2/c11-10(12,13)6-15-8(16)5-17-9(15)7-2-1-3-14-4-7/h1-4,9H,5-6H2. The maximum Gasteiger partial charge on any atom is 0.405 e. The third-order valence-corrected chi connectivity index (χ3v) is 4.13. The van der Waals surface area contributed by atoms with Crippen molar-refractivity contribution < 1.29 is 13.2 Å². The Balaban J connectivity index is 2.20. The largest absolute Gasteiger partial charge is 0.405 e. The number of rotatable bonds is 2. The zero-order valence-corrected chi connectivity index (χ0v) is 10.3. The van der Waals surface area contributed by atoms with Crippen LogP contribution in [0.2, 0.25) is 0 Å². The molecule has 17 heavy (non-hydrogen) atoms. The van der Waals surface area contributed by atoms with E-state index >= 15 is 0 Å². The van der Waals surface area contributed by atoms with Crippen molar-refractivity contribution in [3.63, 3.8) is 0 Å². The zero-order valence-electron chi connectivity index (χ0n) is 8.65. The molecule has 2 nitrogen and oxygen atoms in total. The molecule has 1 saturated heterocycles. The summed E-state index contributed by atoms with van der Waals surface area (Å²) in [5.74, 6) is 0.449. The average Bonchev–Trinajstić information content (AvgIpc) is 2.60. The van der Waals surface area contributed by atoms with E-state index in [-0.39, 0.29) is 5.37 Å². The summed E-state index contributed by atoms with van der Waals surface area (Å²) in [7, 11) is 0. The Hall–Kier alpha value is -0.820. The van der Waals surface area contributed by atoms with Crippen molar-refractivity contribution in [2.45, 2.75) is 11.6 Å². The van der Waals surface area contributed by atoms with Gasteiger partial charge in [0.15, 0.2) is 0 Å². The first kappa shape index (κ1) is 12.6. The predicted molar refractivity (Wildman–Crippen MR) is 64.8 cm³/mol. The molecule has 92 valence electrons. The van der Waals surface area contributed by atoms with Gasteiger partial charge < -0.3 is 4.90 Å². The second-order valence-electron chi connectivity index (χ2n) is 3.59. The minimum Gasteiger partial charge on any atom is -0.340 e. The lowest BCUT2D eigenvalue weighted by Gasteiger charge is -2.26. The molecule has 0 saturated carbocycles. The summed E-state index contributed by atoms with van der Waals surface area (Å²) in [6.07, 6.45) is -1.07. The Labute approximate surface area is 106 Å². The smallest absolute Gasteiger partial charge is 0.340 e. The molecule has 0 N–H and O–H groups in total. The van der Waals surface area contributed by atoms with E-state index in [4.69, 9.17) is 12.2 Å². The van der Waals surface area contributed by atoms with Crippen LogP contribution in [0.3, 0.4) is 0 Å². The number of thiocarbonyl (C=S) groups is 1. The van der Waals surface area contributed by atoms with Gasteiger partial charge in [0.05, 0.1) is 4.99 Å². The number of pyridine rings is 1. The molecular formula is C10H9F3N2S2. The van der Waals surface area contributed by atoms with E-state index in [0.29, 0.717) is 10.7 Å². The highest BCUT2D eigenvalue weighted by molar-refractivity contribution is 8.02. The molecule has 1 aromatic rings. The van der Waals surface area contributed by atoms with Crippen LogP contribution in [0.5, 0.6) is 0 Å². The molecule has 1 aromatic heterocycles. The number of alkyl halides is 3. The molecule has 1 aliphatic rings. The maximum absolute atomic E-state index is 12.4. The summed E-state index contributed by atoms with van der Waals surface area (Å²) < 4.78 is 37.3. The number of hydrogen-bond acceptors (Lipinski definition) is 3. The van der Waals surface area contributed by atoms with Gasteiger partial charge in [-0.15, -0.1) is 11.8 Å². The van der Waals surface area contributed by atoms with Gasteiger partial charge in [0.1, 0.15) is 11.9 Å². The van der Waals surface area contributed by atoms with E-state index in [1.54, 1.807) is 24.5 Å². The van der Waals surface area contributed by atoms with Crippen LogP contribution in [0.25, 0.3) is 0 Å². The van der Waals surface area contributed by atoms with Crippen molar-refractivity contribution in [3.8, 4) is 0 Å². The molecule has 1 aliphatic heterocycles. The minimum absolute atomic E-state index is 0.348. The molecular weight excluding hydrogens is 269 g/mol. The van der Waals surface area contributed by atoms with E-state index in [0.717, 1.165) is 5.56 Å². The molecule has 1 atom stereocenters. The highest BCUT2D eigenvalue weighted by atomic mass is 32.2. The molecule has 1 fully saturated rings. The number of halogens is 3. The maximum atomic E-state index is 12.4. The van der Waals surface area contributed by atoms with Crippen molar-refractivity contribution in [1.29, 1.82) is 0 Å². The van der Waals surface area contributed by atoms with Crippen molar-refractivity contribution in [2.75, 3.05) is 12.3 Å². The molecule has 2 rings (SSSR count). The molecule has 0 radical (unpaired) electrons. The highest BCUT2D eigenvalue weighted by Gasteiger charge is 2.39. The van der Waals surface area contributed by atoms with Gasteiger partial charge in [-0.05, 0) is 6.07 Å². The first-order chi connectivity index (χ1) is 7.97. The minimum atomic E-state index is -4.24.